The van der Waals surface area contributed by atoms with Crippen LogP contribution in [0.25, 0.3) is 0 Å². The normalized spacial score (nSPS) is 13.6. The maximum absolute atomic E-state index is 11.4. The van der Waals surface area contributed by atoms with Crippen molar-refractivity contribution < 1.29 is 4.79 Å². The van der Waals surface area contributed by atoms with Crippen LogP contribution in [-0.2, 0) is 0 Å². The van der Waals surface area contributed by atoms with Gasteiger partial charge in [-0.2, -0.15) is 0 Å². The third kappa shape index (κ3) is 4.27. The molecule has 1 fully saturated rings. The molecular weight excluding hydrogens is 236 g/mol. The molecule has 0 spiro atoms. The predicted molar refractivity (Wildman–Crippen MR) is 81.9 cm³/mol. The molecule has 2 amide bonds. The van der Waals surface area contributed by atoms with Crippen LogP contribution in [0, 0.1) is 0 Å². The van der Waals surface area contributed by atoms with E-state index >= 15 is 0 Å². The Kier molecular flexibility index (Phi) is 5.87. The van der Waals surface area contributed by atoms with E-state index in [2.05, 4.69) is 42.7 Å². The molecule has 1 aliphatic carbocycles. The quantitative estimate of drug-likeness (QED) is 0.829. The van der Waals surface area contributed by atoms with E-state index < -0.39 is 0 Å². The number of urea groups is 1. The van der Waals surface area contributed by atoms with Crippen LogP contribution in [0.2, 0.25) is 0 Å². The summed E-state index contributed by atoms with van der Waals surface area (Å²) in [7, 11) is 1.64. The lowest BCUT2D eigenvalue weighted by Crippen LogP contribution is -2.25. The monoisotopic (exact) mass is 262 g/mol. The van der Waals surface area contributed by atoms with Gasteiger partial charge in [-0.25, -0.2) is 4.79 Å². The van der Waals surface area contributed by atoms with E-state index in [1.807, 2.05) is 13.8 Å². The predicted octanol–water partition coefficient (Wildman–Crippen LogP) is 4.46. The molecule has 0 aromatic heterocycles. The molecule has 0 atom stereocenters. The molecule has 106 valence electrons. The third-order valence-corrected chi connectivity index (χ3v) is 3.24. The maximum atomic E-state index is 11.4. The van der Waals surface area contributed by atoms with E-state index in [-0.39, 0.29) is 6.03 Å². The van der Waals surface area contributed by atoms with Gasteiger partial charge in [0.15, 0.2) is 0 Å². The number of carbonyl (C=O) groups excluding carboxylic acids is 1. The first kappa shape index (κ1) is 15.5. The molecule has 0 aliphatic heterocycles. The van der Waals surface area contributed by atoms with Crippen LogP contribution in [0.15, 0.2) is 18.2 Å². The molecule has 1 aromatic rings. The van der Waals surface area contributed by atoms with Crippen LogP contribution in [0.3, 0.4) is 0 Å². The van der Waals surface area contributed by atoms with E-state index in [4.69, 9.17) is 0 Å². The molecule has 0 bridgehead atoms. The van der Waals surface area contributed by atoms with Crippen molar-refractivity contribution in [2.45, 2.75) is 52.4 Å². The van der Waals surface area contributed by atoms with Crippen LogP contribution in [0.1, 0.15) is 63.5 Å². The topological polar surface area (TPSA) is 41.1 Å². The molecule has 1 saturated carbocycles. The molecule has 1 aromatic carbocycles. The number of hydrogen-bond donors (Lipinski definition) is 2. The molecule has 1 aliphatic rings. The standard InChI is InChI=1S/C14H20N2O.C2H6/c1-9(2)11-6-7-12(10-4-5-10)13(8-11)16-14(17)15-3;1-2/h6-10H,4-5H2,1-3H3,(H2,15,16,17);1-2H3. The maximum Gasteiger partial charge on any atom is 0.318 e. The number of nitrogens with one attached hydrogen (secondary N) is 2. The molecule has 3 heteroatoms. The van der Waals surface area contributed by atoms with Gasteiger partial charge in [0.2, 0.25) is 0 Å². The molecule has 19 heavy (non-hydrogen) atoms. The van der Waals surface area contributed by atoms with E-state index in [1.165, 1.54) is 24.0 Å². The minimum Gasteiger partial charge on any atom is -0.341 e. The smallest absolute Gasteiger partial charge is 0.318 e. The van der Waals surface area contributed by atoms with Gasteiger partial charge in [0.25, 0.3) is 0 Å². The van der Waals surface area contributed by atoms with Crippen molar-refractivity contribution in [3.8, 4) is 0 Å². The van der Waals surface area contributed by atoms with Gasteiger partial charge in [-0.15, -0.1) is 0 Å². The third-order valence-electron chi connectivity index (χ3n) is 3.24. The molecule has 2 rings (SSSR count). The summed E-state index contributed by atoms with van der Waals surface area (Å²) < 4.78 is 0. The van der Waals surface area contributed by atoms with Gasteiger partial charge in [0.1, 0.15) is 0 Å². The lowest BCUT2D eigenvalue weighted by molar-refractivity contribution is 0.254. The highest BCUT2D eigenvalue weighted by atomic mass is 16.2. The number of rotatable bonds is 3. The van der Waals surface area contributed by atoms with Gasteiger partial charge in [-0.05, 0) is 41.9 Å². The Labute approximate surface area is 116 Å². The Balaban J connectivity index is 0.000000861. The van der Waals surface area contributed by atoms with E-state index in [0.29, 0.717) is 11.8 Å². The number of carbonyl (C=O) groups is 1. The molecule has 3 nitrogen and oxygen atoms in total. The second-order valence-electron chi connectivity index (χ2n) is 4.98. The summed E-state index contributed by atoms with van der Waals surface area (Å²) in [4.78, 5) is 11.4. The fourth-order valence-electron chi connectivity index (χ4n) is 1.98. The number of benzene rings is 1. The van der Waals surface area contributed by atoms with Gasteiger partial charge in [-0.3, -0.25) is 0 Å². The fourth-order valence-corrected chi connectivity index (χ4v) is 1.98. The van der Waals surface area contributed by atoms with Crippen molar-refractivity contribution in [1.29, 1.82) is 0 Å². The summed E-state index contributed by atoms with van der Waals surface area (Å²) in [6.45, 7) is 8.33. The Morgan fingerprint density at radius 2 is 1.89 bits per heavy atom. The van der Waals surface area contributed by atoms with E-state index in [1.54, 1.807) is 7.05 Å². The van der Waals surface area contributed by atoms with Crippen LogP contribution < -0.4 is 10.6 Å². The molecule has 2 N–H and O–H groups in total. The molecule has 0 radical (unpaired) electrons. The molecule has 0 unspecified atom stereocenters. The van der Waals surface area contributed by atoms with Gasteiger partial charge in [0.05, 0.1) is 0 Å². The van der Waals surface area contributed by atoms with Crippen LogP contribution in [-0.4, -0.2) is 13.1 Å². The highest BCUT2D eigenvalue weighted by Crippen LogP contribution is 2.44. The van der Waals surface area contributed by atoms with E-state index in [9.17, 15) is 4.79 Å². The zero-order chi connectivity index (χ0) is 14.4. The first-order chi connectivity index (χ1) is 9.11. The molecular formula is C16H26N2O. The van der Waals surface area contributed by atoms with Gasteiger partial charge in [0, 0.05) is 12.7 Å². The molecule has 0 heterocycles. The Morgan fingerprint density at radius 3 is 2.37 bits per heavy atom. The molecule has 0 saturated heterocycles. The first-order valence-electron chi connectivity index (χ1n) is 7.24. The van der Waals surface area contributed by atoms with Gasteiger partial charge < -0.3 is 10.6 Å². The zero-order valence-corrected chi connectivity index (χ0v) is 12.7. The Hall–Kier alpha value is -1.51. The summed E-state index contributed by atoms with van der Waals surface area (Å²) >= 11 is 0. The van der Waals surface area contributed by atoms with Gasteiger partial charge in [-0.1, -0.05) is 39.8 Å². The van der Waals surface area contributed by atoms with Gasteiger partial charge >= 0.3 is 6.03 Å². The summed E-state index contributed by atoms with van der Waals surface area (Å²) in [5.41, 5.74) is 3.51. The summed E-state index contributed by atoms with van der Waals surface area (Å²) in [5.74, 6) is 1.12. The Bertz CT molecular complexity index is 423. The highest BCUT2D eigenvalue weighted by molar-refractivity contribution is 5.90. The van der Waals surface area contributed by atoms with Crippen molar-refractivity contribution in [2.24, 2.45) is 0 Å². The van der Waals surface area contributed by atoms with Crippen molar-refractivity contribution in [1.82, 2.24) is 5.32 Å². The van der Waals surface area contributed by atoms with Crippen LogP contribution in [0.5, 0.6) is 0 Å². The summed E-state index contributed by atoms with van der Waals surface area (Å²) in [5, 5.41) is 5.53. The highest BCUT2D eigenvalue weighted by Gasteiger charge is 2.26. The average molecular weight is 262 g/mol. The number of hydrogen-bond acceptors (Lipinski definition) is 1. The average Bonchev–Trinajstić information content (AvgIpc) is 3.25. The lowest BCUT2D eigenvalue weighted by Gasteiger charge is -2.14. The SMILES string of the molecule is CC.CNC(=O)Nc1cc(C(C)C)ccc1C1CC1. The Morgan fingerprint density at radius 1 is 1.26 bits per heavy atom. The lowest BCUT2D eigenvalue weighted by atomic mass is 9.98. The van der Waals surface area contributed by atoms with E-state index in [0.717, 1.165) is 5.69 Å². The van der Waals surface area contributed by atoms with Crippen LogP contribution in [0.4, 0.5) is 10.5 Å². The van der Waals surface area contributed by atoms with Crippen LogP contribution >= 0.6 is 0 Å². The first-order valence-corrected chi connectivity index (χ1v) is 7.24. The minimum absolute atomic E-state index is 0.146. The number of amides is 2. The zero-order valence-electron chi connectivity index (χ0n) is 12.7. The second kappa shape index (κ2) is 7.17. The minimum atomic E-state index is -0.146. The number of anilines is 1. The second-order valence-corrected chi connectivity index (χ2v) is 4.98. The van der Waals surface area contributed by atoms with Crippen molar-refractivity contribution >= 4 is 11.7 Å². The van der Waals surface area contributed by atoms with Crippen molar-refractivity contribution in [2.75, 3.05) is 12.4 Å². The van der Waals surface area contributed by atoms with Crippen molar-refractivity contribution in [3.63, 3.8) is 0 Å². The largest absolute Gasteiger partial charge is 0.341 e. The van der Waals surface area contributed by atoms with Crippen molar-refractivity contribution in [3.05, 3.63) is 29.3 Å². The fraction of sp³-hybridized carbons (Fsp3) is 0.562. The summed E-state index contributed by atoms with van der Waals surface area (Å²) in [6.07, 6.45) is 2.48. The summed E-state index contributed by atoms with van der Waals surface area (Å²) in [6, 6.07) is 6.30.